The van der Waals surface area contributed by atoms with Crippen LogP contribution in [0.15, 0.2) is 0 Å². The number of ether oxygens (including phenoxy) is 2. The molecule has 0 unspecified atom stereocenters. The summed E-state index contributed by atoms with van der Waals surface area (Å²) < 4.78 is 10.2. The van der Waals surface area contributed by atoms with Crippen LogP contribution in [0.4, 0.5) is 11.9 Å². The molecule has 0 bridgehead atoms. The Morgan fingerprint density at radius 3 is 2.75 bits per heavy atom. The van der Waals surface area contributed by atoms with Gasteiger partial charge in [0.1, 0.15) is 0 Å². The Hall–Kier alpha value is -2.12. The molecule has 0 radical (unpaired) electrons. The molecule has 0 aliphatic rings. The van der Waals surface area contributed by atoms with Crippen molar-refractivity contribution < 1.29 is 14.3 Å². The van der Waals surface area contributed by atoms with Gasteiger partial charge in [-0.1, -0.05) is 0 Å². The molecule has 0 fully saturated rings. The van der Waals surface area contributed by atoms with Crippen LogP contribution in [0, 0.1) is 0 Å². The normalized spacial score (nSPS) is 10.4. The van der Waals surface area contributed by atoms with E-state index >= 15 is 0 Å². The first-order valence-electron chi connectivity index (χ1n) is 6.59. The molecule has 0 atom stereocenters. The van der Waals surface area contributed by atoms with E-state index in [0.29, 0.717) is 31.9 Å². The van der Waals surface area contributed by atoms with Gasteiger partial charge in [-0.25, -0.2) is 0 Å². The molecule has 0 aromatic carbocycles. The topological polar surface area (TPSA) is 112 Å². The summed E-state index contributed by atoms with van der Waals surface area (Å²) in [4.78, 5) is 23.0. The second-order valence-corrected chi connectivity index (χ2v) is 4.30. The third-order valence-electron chi connectivity index (χ3n) is 2.12. The van der Waals surface area contributed by atoms with E-state index in [1.165, 1.54) is 0 Å². The van der Waals surface area contributed by atoms with Gasteiger partial charge in [0.25, 0.3) is 0 Å². The van der Waals surface area contributed by atoms with E-state index in [-0.39, 0.29) is 24.0 Å². The third-order valence-corrected chi connectivity index (χ3v) is 2.12. The number of carbonyl (C=O) groups is 1. The number of esters is 1. The summed E-state index contributed by atoms with van der Waals surface area (Å²) in [5.41, 5.74) is 5.57. The molecule has 0 saturated carbocycles. The average molecular weight is 283 g/mol. The molecular formula is C12H21N5O3. The van der Waals surface area contributed by atoms with E-state index in [9.17, 15) is 4.79 Å². The van der Waals surface area contributed by atoms with Gasteiger partial charge in [0, 0.05) is 13.0 Å². The van der Waals surface area contributed by atoms with Gasteiger partial charge in [-0.15, -0.1) is 0 Å². The number of nitrogens with two attached hydrogens (primary N) is 1. The molecule has 1 rings (SSSR count). The fourth-order valence-electron chi connectivity index (χ4n) is 1.38. The first-order chi connectivity index (χ1) is 9.51. The number of aromatic nitrogens is 3. The van der Waals surface area contributed by atoms with E-state index < -0.39 is 0 Å². The van der Waals surface area contributed by atoms with Crippen LogP contribution in [0.3, 0.4) is 0 Å². The molecule has 1 aromatic heterocycles. The highest BCUT2D eigenvalue weighted by Crippen LogP contribution is 2.10. The fourth-order valence-corrected chi connectivity index (χ4v) is 1.38. The van der Waals surface area contributed by atoms with Gasteiger partial charge in [-0.05, 0) is 27.2 Å². The highest BCUT2D eigenvalue weighted by molar-refractivity contribution is 5.69. The summed E-state index contributed by atoms with van der Waals surface area (Å²) >= 11 is 0. The van der Waals surface area contributed by atoms with Crippen molar-refractivity contribution in [1.82, 2.24) is 15.0 Å². The Morgan fingerprint density at radius 1 is 1.35 bits per heavy atom. The number of hydrogen-bond donors (Lipinski definition) is 2. The predicted octanol–water partition coefficient (Wildman–Crippen LogP) is 0.996. The highest BCUT2D eigenvalue weighted by Gasteiger charge is 2.07. The zero-order valence-electron chi connectivity index (χ0n) is 12.0. The fraction of sp³-hybridized carbons (Fsp3) is 0.667. The number of carbonyl (C=O) groups excluding carboxylic acids is 1. The maximum atomic E-state index is 11.2. The molecule has 1 heterocycles. The Bertz CT molecular complexity index is 439. The SMILES string of the molecule is CCOC(=O)CCCNc1nc(N)nc(OC(C)C)n1. The standard InChI is InChI=1S/C12H21N5O3/c1-4-19-9(18)6-5-7-14-11-15-10(13)16-12(17-11)20-8(2)3/h8H,4-7H2,1-3H3,(H3,13,14,15,16,17). The van der Waals surface area contributed by atoms with E-state index in [1.807, 2.05) is 13.8 Å². The first-order valence-corrected chi connectivity index (χ1v) is 6.59. The summed E-state index contributed by atoms with van der Waals surface area (Å²) in [6.45, 7) is 6.44. The third kappa shape index (κ3) is 6.17. The number of anilines is 2. The number of nitrogen functional groups attached to an aromatic ring is 1. The minimum absolute atomic E-state index is 0.0477. The predicted molar refractivity (Wildman–Crippen MR) is 74.4 cm³/mol. The lowest BCUT2D eigenvalue weighted by Crippen LogP contribution is -2.14. The van der Waals surface area contributed by atoms with Crippen LogP contribution in [-0.4, -0.2) is 40.2 Å². The molecule has 0 aliphatic heterocycles. The zero-order chi connectivity index (χ0) is 15.0. The zero-order valence-corrected chi connectivity index (χ0v) is 12.0. The Kier molecular flexibility index (Phi) is 6.48. The van der Waals surface area contributed by atoms with Crippen LogP contribution in [-0.2, 0) is 9.53 Å². The maximum Gasteiger partial charge on any atom is 0.323 e. The van der Waals surface area contributed by atoms with Gasteiger partial charge in [0.2, 0.25) is 11.9 Å². The lowest BCUT2D eigenvalue weighted by molar-refractivity contribution is -0.143. The largest absolute Gasteiger partial charge is 0.466 e. The summed E-state index contributed by atoms with van der Waals surface area (Å²) in [5.74, 6) is 0.203. The lowest BCUT2D eigenvalue weighted by Gasteiger charge is -2.10. The summed E-state index contributed by atoms with van der Waals surface area (Å²) in [7, 11) is 0. The van der Waals surface area contributed by atoms with E-state index in [4.69, 9.17) is 15.2 Å². The van der Waals surface area contributed by atoms with Crippen molar-refractivity contribution in [2.45, 2.75) is 39.7 Å². The molecule has 3 N–H and O–H groups in total. The van der Waals surface area contributed by atoms with Crippen molar-refractivity contribution in [1.29, 1.82) is 0 Å². The summed E-state index contributed by atoms with van der Waals surface area (Å²) in [6, 6.07) is 0.181. The minimum Gasteiger partial charge on any atom is -0.466 e. The lowest BCUT2D eigenvalue weighted by atomic mass is 10.3. The Labute approximate surface area is 118 Å². The molecule has 0 aliphatic carbocycles. The Balaban J connectivity index is 2.43. The molecule has 8 heteroatoms. The van der Waals surface area contributed by atoms with Crippen molar-refractivity contribution in [3.63, 3.8) is 0 Å². The summed E-state index contributed by atoms with van der Waals surface area (Å²) in [6.07, 6.45) is 0.912. The van der Waals surface area contributed by atoms with Crippen molar-refractivity contribution in [3.05, 3.63) is 0 Å². The highest BCUT2D eigenvalue weighted by atomic mass is 16.5. The van der Waals surface area contributed by atoms with Crippen LogP contribution >= 0.6 is 0 Å². The molecule has 20 heavy (non-hydrogen) atoms. The van der Waals surface area contributed by atoms with Gasteiger partial charge >= 0.3 is 12.0 Å². The number of rotatable bonds is 8. The molecule has 1 aromatic rings. The number of nitrogens with zero attached hydrogens (tertiary/aromatic N) is 3. The minimum atomic E-state index is -0.215. The Morgan fingerprint density at radius 2 is 2.10 bits per heavy atom. The molecule has 0 saturated heterocycles. The van der Waals surface area contributed by atoms with Crippen LogP contribution in [0.2, 0.25) is 0 Å². The monoisotopic (exact) mass is 283 g/mol. The molecule has 8 nitrogen and oxygen atoms in total. The maximum absolute atomic E-state index is 11.2. The second kappa shape index (κ2) is 8.13. The van der Waals surface area contributed by atoms with E-state index in [1.54, 1.807) is 6.92 Å². The van der Waals surface area contributed by atoms with Crippen LogP contribution < -0.4 is 15.8 Å². The van der Waals surface area contributed by atoms with E-state index in [0.717, 1.165) is 0 Å². The second-order valence-electron chi connectivity index (χ2n) is 4.30. The van der Waals surface area contributed by atoms with Crippen LogP contribution in [0.5, 0.6) is 6.01 Å². The molecule has 0 amide bonds. The van der Waals surface area contributed by atoms with Crippen molar-refractivity contribution in [2.24, 2.45) is 0 Å². The van der Waals surface area contributed by atoms with Gasteiger partial charge < -0.3 is 20.5 Å². The van der Waals surface area contributed by atoms with Gasteiger partial charge in [-0.3, -0.25) is 4.79 Å². The molecular weight excluding hydrogens is 262 g/mol. The quantitative estimate of drug-likeness (QED) is 0.536. The van der Waals surface area contributed by atoms with Gasteiger partial charge in [0.05, 0.1) is 12.7 Å². The van der Waals surface area contributed by atoms with Gasteiger partial charge in [-0.2, -0.15) is 15.0 Å². The average Bonchev–Trinajstić information content (AvgIpc) is 2.33. The van der Waals surface area contributed by atoms with E-state index in [2.05, 4.69) is 20.3 Å². The van der Waals surface area contributed by atoms with Crippen molar-refractivity contribution in [2.75, 3.05) is 24.2 Å². The smallest absolute Gasteiger partial charge is 0.323 e. The van der Waals surface area contributed by atoms with Crippen molar-refractivity contribution in [3.8, 4) is 6.01 Å². The number of hydrogen-bond acceptors (Lipinski definition) is 8. The summed E-state index contributed by atoms with van der Waals surface area (Å²) in [5, 5.41) is 2.97. The van der Waals surface area contributed by atoms with Gasteiger partial charge in [0.15, 0.2) is 0 Å². The van der Waals surface area contributed by atoms with Crippen LogP contribution in [0.25, 0.3) is 0 Å². The first kappa shape index (κ1) is 15.9. The molecule has 0 spiro atoms. The molecule has 112 valence electrons. The van der Waals surface area contributed by atoms with Crippen molar-refractivity contribution >= 4 is 17.9 Å². The number of nitrogens with one attached hydrogen (secondary N) is 1. The van der Waals surface area contributed by atoms with Crippen LogP contribution in [0.1, 0.15) is 33.6 Å².